The number of carbonyl (C=O) groups is 1. The maximum absolute atomic E-state index is 12.1. The van der Waals surface area contributed by atoms with E-state index in [0.717, 1.165) is 5.56 Å². The average molecular weight is 271 g/mol. The second-order valence-electron chi connectivity index (χ2n) is 4.50. The van der Waals surface area contributed by atoms with E-state index in [2.05, 4.69) is 0 Å². The smallest absolute Gasteiger partial charge is 0.276 e. The van der Waals surface area contributed by atoms with E-state index in [1.54, 1.807) is 24.3 Å². The van der Waals surface area contributed by atoms with Gasteiger partial charge in [-0.2, -0.15) is 0 Å². The van der Waals surface area contributed by atoms with Crippen molar-refractivity contribution in [3.8, 4) is 5.75 Å². The molecule has 2 aromatic carbocycles. The predicted octanol–water partition coefficient (Wildman–Crippen LogP) is 3.03. The number of carbonyl (C=O) groups excluding carboxylic acids is 1. The molecule has 0 aliphatic heterocycles. The Bertz CT molecular complexity index is 662. The molecule has 0 heterocycles. The van der Waals surface area contributed by atoms with Crippen molar-refractivity contribution in [1.29, 1.82) is 0 Å². The monoisotopic (exact) mass is 271 g/mol. The molecule has 0 radical (unpaired) electrons. The molecule has 1 N–H and O–H groups in total. The number of nitro groups is 1. The minimum Gasteiger partial charge on any atom is -0.507 e. The third-order valence-corrected chi connectivity index (χ3v) is 3.03. The SMILES string of the molecule is Cc1ccc(C(=O)Cc2c(O)cccc2[N+](=O)[O-])cc1. The number of ketones is 1. The van der Waals surface area contributed by atoms with E-state index in [9.17, 15) is 20.0 Å². The summed E-state index contributed by atoms with van der Waals surface area (Å²) in [5.74, 6) is -0.505. The molecule has 0 aliphatic rings. The highest BCUT2D eigenvalue weighted by Crippen LogP contribution is 2.28. The van der Waals surface area contributed by atoms with Gasteiger partial charge in [-0.1, -0.05) is 35.9 Å². The van der Waals surface area contributed by atoms with Crippen LogP contribution in [0.25, 0.3) is 0 Å². The van der Waals surface area contributed by atoms with E-state index in [0.29, 0.717) is 5.56 Å². The van der Waals surface area contributed by atoms with Crippen LogP contribution in [0.15, 0.2) is 42.5 Å². The van der Waals surface area contributed by atoms with Crippen LogP contribution in [-0.4, -0.2) is 15.8 Å². The zero-order valence-electron chi connectivity index (χ0n) is 10.9. The number of nitrogens with zero attached hydrogens (tertiary/aromatic N) is 1. The normalized spacial score (nSPS) is 10.2. The summed E-state index contributed by atoms with van der Waals surface area (Å²) in [7, 11) is 0. The van der Waals surface area contributed by atoms with Gasteiger partial charge in [0.15, 0.2) is 5.78 Å². The number of aryl methyl sites for hydroxylation is 1. The fourth-order valence-electron chi connectivity index (χ4n) is 1.92. The van der Waals surface area contributed by atoms with Gasteiger partial charge >= 0.3 is 0 Å². The lowest BCUT2D eigenvalue weighted by Crippen LogP contribution is -2.06. The first-order valence-electron chi connectivity index (χ1n) is 6.04. The van der Waals surface area contributed by atoms with Gasteiger partial charge in [0, 0.05) is 18.1 Å². The van der Waals surface area contributed by atoms with Crippen molar-refractivity contribution >= 4 is 11.5 Å². The zero-order valence-corrected chi connectivity index (χ0v) is 10.9. The van der Waals surface area contributed by atoms with Crippen LogP contribution in [0.2, 0.25) is 0 Å². The van der Waals surface area contributed by atoms with E-state index >= 15 is 0 Å². The number of aromatic hydroxyl groups is 1. The Morgan fingerprint density at radius 3 is 2.45 bits per heavy atom. The summed E-state index contributed by atoms with van der Waals surface area (Å²) in [5.41, 5.74) is 1.29. The molecule has 0 atom stereocenters. The molecule has 0 unspecified atom stereocenters. The lowest BCUT2D eigenvalue weighted by molar-refractivity contribution is -0.385. The van der Waals surface area contributed by atoms with Gasteiger partial charge in [0.05, 0.1) is 10.5 Å². The Kier molecular flexibility index (Phi) is 3.79. The molecule has 2 rings (SSSR count). The van der Waals surface area contributed by atoms with Gasteiger partial charge in [0.1, 0.15) is 5.75 Å². The van der Waals surface area contributed by atoms with Crippen LogP contribution in [0.1, 0.15) is 21.5 Å². The lowest BCUT2D eigenvalue weighted by atomic mass is 10.00. The first-order chi connectivity index (χ1) is 9.49. The highest BCUT2D eigenvalue weighted by atomic mass is 16.6. The zero-order chi connectivity index (χ0) is 14.7. The number of rotatable bonds is 4. The molecule has 5 heteroatoms. The number of Topliss-reactive ketones (excluding diaryl/α,β-unsaturated/α-hetero) is 1. The summed E-state index contributed by atoms with van der Waals surface area (Å²) >= 11 is 0. The van der Waals surface area contributed by atoms with Crippen molar-refractivity contribution in [2.45, 2.75) is 13.3 Å². The van der Waals surface area contributed by atoms with Crippen molar-refractivity contribution in [2.75, 3.05) is 0 Å². The van der Waals surface area contributed by atoms with Gasteiger partial charge in [-0.25, -0.2) is 0 Å². The Balaban J connectivity index is 2.32. The fraction of sp³-hybridized carbons (Fsp3) is 0.133. The van der Waals surface area contributed by atoms with Crippen LogP contribution in [0.5, 0.6) is 5.75 Å². The largest absolute Gasteiger partial charge is 0.507 e. The van der Waals surface area contributed by atoms with Gasteiger partial charge in [0.25, 0.3) is 5.69 Å². The van der Waals surface area contributed by atoms with Crippen molar-refractivity contribution in [3.05, 3.63) is 69.3 Å². The van der Waals surface area contributed by atoms with Crippen LogP contribution < -0.4 is 0 Å². The molecular weight excluding hydrogens is 258 g/mol. The molecule has 5 nitrogen and oxygen atoms in total. The molecule has 2 aromatic rings. The van der Waals surface area contributed by atoms with Crippen LogP contribution in [-0.2, 0) is 6.42 Å². The molecule has 102 valence electrons. The third kappa shape index (κ3) is 2.83. The lowest BCUT2D eigenvalue weighted by Gasteiger charge is -2.05. The second kappa shape index (κ2) is 5.52. The van der Waals surface area contributed by atoms with E-state index in [-0.39, 0.29) is 29.2 Å². The summed E-state index contributed by atoms with van der Waals surface area (Å²) in [6, 6.07) is 10.9. The molecule has 0 fully saturated rings. The maximum Gasteiger partial charge on any atom is 0.276 e. The number of phenolic OH excluding ortho intramolecular Hbond substituents is 1. The molecular formula is C15H13NO4. The topological polar surface area (TPSA) is 80.4 Å². The highest BCUT2D eigenvalue weighted by Gasteiger charge is 2.20. The van der Waals surface area contributed by atoms with Gasteiger partial charge in [-0.3, -0.25) is 14.9 Å². The molecule has 0 saturated heterocycles. The second-order valence-corrected chi connectivity index (χ2v) is 4.50. The Morgan fingerprint density at radius 2 is 1.85 bits per heavy atom. The van der Waals surface area contributed by atoms with Crippen LogP contribution in [0.3, 0.4) is 0 Å². The standard InChI is InChI=1S/C15H13NO4/c1-10-5-7-11(8-6-10)15(18)9-12-13(16(19)20)3-2-4-14(12)17/h2-8,17H,9H2,1H3. The number of hydrogen-bond donors (Lipinski definition) is 1. The maximum atomic E-state index is 12.1. The molecule has 0 saturated carbocycles. The van der Waals surface area contributed by atoms with Gasteiger partial charge in [-0.15, -0.1) is 0 Å². The van der Waals surface area contributed by atoms with Crippen molar-refractivity contribution in [1.82, 2.24) is 0 Å². The molecule has 0 bridgehead atoms. The third-order valence-electron chi connectivity index (χ3n) is 3.03. The first kappa shape index (κ1) is 13.7. The Labute approximate surface area is 115 Å². The van der Waals surface area contributed by atoms with Crippen LogP contribution >= 0.6 is 0 Å². The summed E-state index contributed by atoms with van der Waals surface area (Å²) in [6.07, 6.45) is -0.202. The molecule has 0 aromatic heterocycles. The highest BCUT2D eigenvalue weighted by molar-refractivity contribution is 5.98. The van der Waals surface area contributed by atoms with Gasteiger partial charge in [-0.05, 0) is 13.0 Å². The summed E-state index contributed by atoms with van der Waals surface area (Å²) in [6.45, 7) is 1.90. The van der Waals surface area contributed by atoms with Crippen molar-refractivity contribution in [2.24, 2.45) is 0 Å². The summed E-state index contributed by atoms with van der Waals surface area (Å²) in [4.78, 5) is 22.4. The van der Waals surface area contributed by atoms with E-state index in [1.807, 2.05) is 6.92 Å². The predicted molar refractivity (Wildman–Crippen MR) is 74.0 cm³/mol. The fourth-order valence-corrected chi connectivity index (χ4v) is 1.92. The molecule has 0 spiro atoms. The Morgan fingerprint density at radius 1 is 1.20 bits per heavy atom. The minimum absolute atomic E-state index is 0.0445. The van der Waals surface area contributed by atoms with Crippen LogP contribution in [0, 0.1) is 17.0 Å². The van der Waals surface area contributed by atoms with E-state index in [1.165, 1.54) is 18.2 Å². The van der Waals surface area contributed by atoms with E-state index in [4.69, 9.17) is 0 Å². The summed E-state index contributed by atoms with van der Waals surface area (Å²) < 4.78 is 0. The molecule has 20 heavy (non-hydrogen) atoms. The van der Waals surface area contributed by atoms with Crippen molar-refractivity contribution < 1.29 is 14.8 Å². The average Bonchev–Trinajstić information content (AvgIpc) is 2.41. The van der Waals surface area contributed by atoms with Gasteiger partial charge < -0.3 is 5.11 Å². The summed E-state index contributed by atoms with van der Waals surface area (Å²) in [5, 5.41) is 20.6. The van der Waals surface area contributed by atoms with Crippen molar-refractivity contribution in [3.63, 3.8) is 0 Å². The molecule has 0 amide bonds. The van der Waals surface area contributed by atoms with Crippen LogP contribution in [0.4, 0.5) is 5.69 Å². The Hall–Kier alpha value is -2.69. The first-order valence-corrected chi connectivity index (χ1v) is 6.04. The molecule has 0 aliphatic carbocycles. The number of hydrogen-bond acceptors (Lipinski definition) is 4. The minimum atomic E-state index is -0.600. The van der Waals surface area contributed by atoms with E-state index < -0.39 is 4.92 Å². The number of phenols is 1. The van der Waals surface area contributed by atoms with Gasteiger partial charge in [0.2, 0.25) is 0 Å². The number of nitro benzene ring substituents is 1. The quantitative estimate of drug-likeness (QED) is 0.526. The number of benzene rings is 2.